The molecule has 4 N–H and O–H groups in total. The number of aromatic hydroxyl groups is 2. The van der Waals surface area contributed by atoms with Gasteiger partial charge in [-0.25, -0.2) is 0 Å². The van der Waals surface area contributed by atoms with Crippen molar-refractivity contribution in [3.05, 3.63) is 95.1 Å². The summed E-state index contributed by atoms with van der Waals surface area (Å²) >= 11 is 0. The quantitative estimate of drug-likeness (QED) is 0.640. The molecule has 1 heterocycles. The van der Waals surface area contributed by atoms with E-state index < -0.39 is 5.54 Å². The molecule has 0 aromatic heterocycles. The molecule has 142 valence electrons. The third-order valence-electron chi connectivity index (χ3n) is 5.35. The zero-order valence-electron chi connectivity index (χ0n) is 15.4. The summed E-state index contributed by atoms with van der Waals surface area (Å²) in [6.45, 7) is 0.965. The highest BCUT2D eigenvalue weighted by Gasteiger charge is 2.51. The molecule has 28 heavy (non-hydrogen) atoms. The van der Waals surface area contributed by atoms with Crippen LogP contribution in [-0.2, 0) is 5.54 Å². The molecule has 1 amide bonds. The Morgan fingerprint density at radius 1 is 0.821 bits per heavy atom. The second-order valence-corrected chi connectivity index (χ2v) is 6.95. The number of hydrogen-bond donors (Lipinski definition) is 3. The van der Waals surface area contributed by atoms with E-state index in [9.17, 15) is 15.0 Å². The summed E-state index contributed by atoms with van der Waals surface area (Å²) in [5, 5.41) is 19.6. The number of phenolic OH excluding ortho intramolecular Hbond substituents is 2. The summed E-state index contributed by atoms with van der Waals surface area (Å²) in [6.07, 6.45) is 0.664. The second kappa shape index (κ2) is 7.02. The van der Waals surface area contributed by atoms with Crippen LogP contribution in [0, 0.1) is 0 Å². The zero-order chi connectivity index (χ0) is 19.7. The van der Waals surface area contributed by atoms with Gasteiger partial charge in [-0.1, -0.05) is 42.5 Å². The number of benzene rings is 3. The van der Waals surface area contributed by atoms with E-state index >= 15 is 0 Å². The lowest BCUT2D eigenvalue weighted by molar-refractivity contribution is 0.0675. The van der Waals surface area contributed by atoms with E-state index in [2.05, 4.69) is 0 Å². The highest BCUT2D eigenvalue weighted by molar-refractivity contribution is 6.01. The third kappa shape index (κ3) is 2.63. The summed E-state index contributed by atoms with van der Waals surface area (Å²) in [4.78, 5) is 15.2. The number of carbonyl (C=O) groups is 1. The third-order valence-corrected chi connectivity index (χ3v) is 5.35. The van der Waals surface area contributed by atoms with E-state index in [-0.39, 0.29) is 17.4 Å². The predicted molar refractivity (Wildman–Crippen MR) is 107 cm³/mol. The molecule has 0 saturated carbocycles. The first-order chi connectivity index (χ1) is 13.6. The van der Waals surface area contributed by atoms with E-state index in [1.54, 1.807) is 24.3 Å². The molecular formula is C23H22N2O3. The van der Waals surface area contributed by atoms with Gasteiger partial charge in [-0.15, -0.1) is 0 Å². The first-order valence-electron chi connectivity index (χ1n) is 9.29. The van der Waals surface area contributed by atoms with Crippen LogP contribution in [0.2, 0.25) is 0 Å². The number of rotatable bonds is 5. The van der Waals surface area contributed by atoms with Gasteiger partial charge < -0.3 is 20.8 Å². The Balaban J connectivity index is 2.05. The van der Waals surface area contributed by atoms with Crippen LogP contribution in [0.5, 0.6) is 11.5 Å². The van der Waals surface area contributed by atoms with Gasteiger partial charge in [0.1, 0.15) is 17.0 Å². The fourth-order valence-corrected chi connectivity index (χ4v) is 4.14. The number of phenols is 2. The van der Waals surface area contributed by atoms with E-state index in [1.807, 2.05) is 53.4 Å². The Bertz CT molecular complexity index is 952. The Labute approximate surface area is 163 Å². The first kappa shape index (κ1) is 18.1. The molecule has 0 saturated heterocycles. The Morgan fingerprint density at radius 2 is 1.36 bits per heavy atom. The minimum Gasteiger partial charge on any atom is -0.508 e. The smallest absolute Gasteiger partial charge is 0.255 e. The molecule has 0 aliphatic carbocycles. The lowest BCUT2D eigenvalue weighted by atomic mass is 9.77. The molecule has 0 unspecified atom stereocenters. The summed E-state index contributed by atoms with van der Waals surface area (Å²) in [6, 6.07) is 21.5. The highest BCUT2D eigenvalue weighted by Crippen LogP contribution is 2.49. The zero-order valence-corrected chi connectivity index (χ0v) is 15.4. The van der Waals surface area contributed by atoms with Crippen molar-refractivity contribution in [2.45, 2.75) is 12.0 Å². The van der Waals surface area contributed by atoms with Crippen LogP contribution >= 0.6 is 0 Å². The average Bonchev–Trinajstić information content (AvgIpc) is 2.97. The normalized spacial score (nSPS) is 14.9. The van der Waals surface area contributed by atoms with Gasteiger partial charge in [0.25, 0.3) is 5.91 Å². The molecule has 1 aliphatic heterocycles. The van der Waals surface area contributed by atoms with Crippen molar-refractivity contribution < 1.29 is 15.0 Å². The maximum atomic E-state index is 13.4. The number of hydrogen-bond acceptors (Lipinski definition) is 4. The molecule has 5 nitrogen and oxygen atoms in total. The molecular weight excluding hydrogens is 352 g/mol. The maximum Gasteiger partial charge on any atom is 0.255 e. The van der Waals surface area contributed by atoms with Crippen LogP contribution in [0.1, 0.15) is 33.5 Å². The number of fused-ring (bicyclic) bond motifs is 1. The van der Waals surface area contributed by atoms with Crippen LogP contribution in [0.3, 0.4) is 0 Å². The van der Waals surface area contributed by atoms with Crippen LogP contribution in [0.4, 0.5) is 0 Å². The van der Waals surface area contributed by atoms with Crippen LogP contribution in [0.15, 0.2) is 72.8 Å². The van der Waals surface area contributed by atoms with Gasteiger partial charge in [-0.3, -0.25) is 4.79 Å². The number of amides is 1. The van der Waals surface area contributed by atoms with Gasteiger partial charge in [-0.2, -0.15) is 0 Å². The molecule has 1 aliphatic rings. The van der Waals surface area contributed by atoms with Crippen LogP contribution < -0.4 is 5.73 Å². The predicted octanol–water partition coefficient (Wildman–Crippen LogP) is 3.19. The fraction of sp³-hybridized carbons (Fsp3) is 0.174. The Morgan fingerprint density at radius 3 is 1.89 bits per heavy atom. The number of carbonyl (C=O) groups excluding carboxylic acids is 1. The van der Waals surface area contributed by atoms with Gasteiger partial charge >= 0.3 is 0 Å². The van der Waals surface area contributed by atoms with Crippen molar-refractivity contribution in [3.63, 3.8) is 0 Å². The lowest BCUT2D eigenvalue weighted by Crippen LogP contribution is -2.46. The molecule has 0 bridgehead atoms. The number of nitrogens with two attached hydrogens (primary N) is 1. The van der Waals surface area contributed by atoms with E-state index in [0.717, 1.165) is 16.7 Å². The first-order valence-corrected chi connectivity index (χ1v) is 9.29. The Hall–Kier alpha value is -3.31. The van der Waals surface area contributed by atoms with Gasteiger partial charge in [0.05, 0.1) is 0 Å². The maximum absolute atomic E-state index is 13.4. The van der Waals surface area contributed by atoms with E-state index in [4.69, 9.17) is 5.73 Å². The van der Waals surface area contributed by atoms with Crippen molar-refractivity contribution in [2.75, 3.05) is 13.1 Å². The average molecular weight is 374 g/mol. The summed E-state index contributed by atoms with van der Waals surface area (Å²) in [5.74, 6) is 0.275. The molecule has 3 aromatic carbocycles. The van der Waals surface area contributed by atoms with Crippen LogP contribution in [-0.4, -0.2) is 34.1 Å². The van der Waals surface area contributed by atoms with Gasteiger partial charge in [0.15, 0.2) is 0 Å². The SMILES string of the molecule is NCCCN1C(=O)c2ccccc2C1(c1ccc(O)cc1)c1ccc(O)cc1. The molecule has 0 radical (unpaired) electrons. The molecule has 3 aromatic rings. The summed E-state index contributed by atoms with van der Waals surface area (Å²) in [7, 11) is 0. The van der Waals surface area contributed by atoms with E-state index in [1.165, 1.54) is 0 Å². The van der Waals surface area contributed by atoms with Crippen molar-refractivity contribution in [1.29, 1.82) is 0 Å². The van der Waals surface area contributed by atoms with Crippen LogP contribution in [0.25, 0.3) is 0 Å². The van der Waals surface area contributed by atoms with Crippen molar-refractivity contribution in [3.8, 4) is 11.5 Å². The number of nitrogens with zero attached hydrogens (tertiary/aromatic N) is 1. The Kier molecular flexibility index (Phi) is 4.53. The van der Waals surface area contributed by atoms with Gasteiger partial charge in [0, 0.05) is 12.1 Å². The second-order valence-electron chi connectivity index (χ2n) is 6.95. The minimum absolute atomic E-state index is 0.0507. The molecule has 4 rings (SSSR count). The monoisotopic (exact) mass is 374 g/mol. The van der Waals surface area contributed by atoms with Crippen molar-refractivity contribution in [2.24, 2.45) is 5.73 Å². The molecule has 0 fully saturated rings. The van der Waals surface area contributed by atoms with Crippen molar-refractivity contribution in [1.82, 2.24) is 4.90 Å². The highest BCUT2D eigenvalue weighted by atomic mass is 16.3. The fourth-order valence-electron chi connectivity index (χ4n) is 4.14. The van der Waals surface area contributed by atoms with Gasteiger partial charge in [-0.05, 0) is 60.0 Å². The lowest BCUT2D eigenvalue weighted by Gasteiger charge is -2.40. The summed E-state index contributed by atoms with van der Waals surface area (Å²) < 4.78 is 0. The standard InChI is InChI=1S/C23H22N2O3/c24-14-3-15-25-22(28)20-4-1-2-5-21(20)23(25,16-6-10-18(26)11-7-16)17-8-12-19(27)13-9-17/h1-2,4-13,26-27H,3,14-15,24H2. The van der Waals surface area contributed by atoms with E-state index in [0.29, 0.717) is 25.1 Å². The molecule has 0 spiro atoms. The van der Waals surface area contributed by atoms with Crippen molar-refractivity contribution >= 4 is 5.91 Å². The summed E-state index contributed by atoms with van der Waals surface area (Å²) in [5.41, 5.74) is 8.17. The molecule has 5 heteroatoms. The van der Waals surface area contributed by atoms with Gasteiger partial charge in [0.2, 0.25) is 0 Å². The largest absolute Gasteiger partial charge is 0.508 e. The molecule has 0 atom stereocenters. The minimum atomic E-state index is -0.857. The topological polar surface area (TPSA) is 86.8 Å².